The summed E-state index contributed by atoms with van der Waals surface area (Å²) in [6, 6.07) is 8.02. The lowest BCUT2D eigenvalue weighted by Crippen LogP contribution is -2.43. The van der Waals surface area contributed by atoms with Crippen LogP contribution >= 0.6 is 0 Å². The molecule has 1 aliphatic rings. The van der Waals surface area contributed by atoms with Gasteiger partial charge in [-0.1, -0.05) is 25.8 Å². The molecule has 1 aromatic carbocycles. The minimum atomic E-state index is 0.136. The van der Waals surface area contributed by atoms with Gasteiger partial charge in [0.2, 0.25) is 0 Å². The van der Waals surface area contributed by atoms with Crippen molar-refractivity contribution in [3.05, 3.63) is 24.3 Å². The van der Waals surface area contributed by atoms with Gasteiger partial charge in [-0.05, 0) is 44.2 Å². The van der Waals surface area contributed by atoms with Gasteiger partial charge in [-0.2, -0.15) is 0 Å². The fourth-order valence-electron chi connectivity index (χ4n) is 3.02. The summed E-state index contributed by atoms with van der Waals surface area (Å²) in [6.07, 6.45) is 6.05. The molecule has 1 aliphatic carbocycles. The maximum absolute atomic E-state index is 6.23. The molecule has 0 aromatic heterocycles. The van der Waals surface area contributed by atoms with Gasteiger partial charge >= 0.3 is 0 Å². The molecule has 1 aromatic rings. The van der Waals surface area contributed by atoms with Gasteiger partial charge in [0.25, 0.3) is 0 Å². The molecule has 0 radical (unpaired) electrons. The van der Waals surface area contributed by atoms with Gasteiger partial charge in [-0.25, -0.2) is 0 Å². The van der Waals surface area contributed by atoms with E-state index in [4.69, 9.17) is 15.2 Å². The van der Waals surface area contributed by atoms with E-state index in [1.54, 1.807) is 0 Å². The Labute approximate surface area is 122 Å². The van der Waals surface area contributed by atoms with Gasteiger partial charge in [-0.15, -0.1) is 0 Å². The van der Waals surface area contributed by atoms with Crippen molar-refractivity contribution in [2.45, 2.75) is 58.1 Å². The first-order valence-electron chi connectivity index (χ1n) is 7.88. The summed E-state index contributed by atoms with van der Waals surface area (Å²) in [5.41, 5.74) is 6.23. The molecule has 0 amide bonds. The Morgan fingerprint density at radius 3 is 2.75 bits per heavy atom. The number of nitrogens with two attached hydrogens (primary N) is 1. The topological polar surface area (TPSA) is 44.5 Å². The maximum Gasteiger partial charge on any atom is 0.123 e. The minimum absolute atomic E-state index is 0.136. The summed E-state index contributed by atoms with van der Waals surface area (Å²) in [6.45, 7) is 4.90. The second kappa shape index (κ2) is 7.53. The zero-order chi connectivity index (χ0) is 14.4. The smallest absolute Gasteiger partial charge is 0.123 e. The molecule has 2 rings (SSSR count). The Hall–Kier alpha value is -1.22. The number of rotatable bonds is 6. The van der Waals surface area contributed by atoms with Crippen LogP contribution in [0.3, 0.4) is 0 Å². The van der Waals surface area contributed by atoms with Crippen LogP contribution in [0, 0.1) is 5.92 Å². The molecular weight excluding hydrogens is 250 g/mol. The summed E-state index contributed by atoms with van der Waals surface area (Å²) in [5.74, 6) is 2.49. The Kier molecular flexibility index (Phi) is 5.72. The third-order valence-electron chi connectivity index (χ3n) is 4.05. The minimum Gasteiger partial charge on any atom is -0.494 e. The quantitative estimate of drug-likeness (QED) is 0.861. The average Bonchev–Trinajstić information content (AvgIpc) is 2.44. The largest absolute Gasteiger partial charge is 0.494 e. The molecule has 20 heavy (non-hydrogen) atoms. The standard InChI is InChI=1S/C17H27NO2/c1-3-6-13-9-10-16(18)17(11-13)20-15-8-5-7-14(12-15)19-4-2/h5,7-8,12-13,16-17H,3-4,6,9-11,18H2,1-2H3. The normalized spacial score (nSPS) is 26.2. The summed E-state index contributed by atoms with van der Waals surface area (Å²) in [4.78, 5) is 0. The van der Waals surface area contributed by atoms with Crippen LogP contribution in [0.2, 0.25) is 0 Å². The highest BCUT2D eigenvalue weighted by Crippen LogP contribution is 2.31. The Morgan fingerprint density at radius 2 is 2.00 bits per heavy atom. The van der Waals surface area contributed by atoms with Crippen molar-refractivity contribution in [2.24, 2.45) is 11.7 Å². The van der Waals surface area contributed by atoms with E-state index in [1.807, 2.05) is 31.2 Å². The molecular formula is C17H27NO2. The summed E-state index contributed by atoms with van der Waals surface area (Å²) in [7, 11) is 0. The number of benzene rings is 1. The molecule has 2 N–H and O–H groups in total. The molecule has 0 bridgehead atoms. The third kappa shape index (κ3) is 4.14. The van der Waals surface area contributed by atoms with Gasteiger partial charge in [-0.3, -0.25) is 0 Å². The lowest BCUT2D eigenvalue weighted by molar-refractivity contribution is 0.0990. The first-order valence-corrected chi connectivity index (χ1v) is 7.88. The molecule has 3 heteroatoms. The second-order valence-electron chi connectivity index (χ2n) is 5.70. The molecule has 3 nitrogen and oxygen atoms in total. The van der Waals surface area contributed by atoms with E-state index in [-0.39, 0.29) is 12.1 Å². The van der Waals surface area contributed by atoms with E-state index in [1.165, 1.54) is 19.3 Å². The molecule has 1 saturated carbocycles. The highest BCUT2D eigenvalue weighted by Gasteiger charge is 2.29. The van der Waals surface area contributed by atoms with Crippen LogP contribution in [-0.2, 0) is 0 Å². The molecule has 3 unspecified atom stereocenters. The first-order chi connectivity index (χ1) is 9.72. The highest BCUT2D eigenvalue weighted by atomic mass is 16.5. The summed E-state index contributed by atoms with van der Waals surface area (Å²) >= 11 is 0. The SMILES string of the molecule is CCCC1CCC(N)C(Oc2cccc(OCC)c2)C1. The van der Waals surface area contributed by atoms with Gasteiger partial charge in [0, 0.05) is 12.1 Å². The lowest BCUT2D eigenvalue weighted by atomic mass is 9.82. The van der Waals surface area contributed by atoms with Gasteiger partial charge in [0.15, 0.2) is 0 Å². The fourth-order valence-corrected chi connectivity index (χ4v) is 3.02. The van der Waals surface area contributed by atoms with Crippen molar-refractivity contribution in [1.29, 1.82) is 0 Å². The Balaban J connectivity index is 1.98. The van der Waals surface area contributed by atoms with Gasteiger partial charge in [0.05, 0.1) is 6.61 Å². The van der Waals surface area contributed by atoms with Crippen molar-refractivity contribution in [3.8, 4) is 11.5 Å². The number of hydrogen-bond donors (Lipinski definition) is 1. The zero-order valence-electron chi connectivity index (χ0n) is 12.7. The molecule has 3 atom stereocenters. The van der Waals surface area contributed by atoms with Crippen molar-refractivity contribution in [1.82, 2.24) is 0 Å². The highest BCUT2D eigenvalue weighted by molar-refractivity contribution is 5.33. The van der Waals surface area contributed by atoms with E-state index in [0.717, 1.165) is 30.3 Å². The summed E-state index contributed by atoms with van der Waals surface area (Å²) in [5, 5.41) is 0. The van der Waals surface area contributed by atoms with Crippen molar-refractivity contribution < 1.29 is 9.47 Å². The van der Waals surface area contributed by atoms with Gasteiger partial charge < -0.3 is 15.2 Å². The Morgan fingerprint density at radius 1 is 1.20 bits per heavy atom. The van der Waals surface area contributed by atoms with E-state index < -0.39 is 0 Å². The third-order valence-corrected chi connectivity index (χ3v) is 4.05. The zero-order valence-corrected chi connectivity index (χ0v) is 12.7. The maximum atomic E-state index is 6.23. The number of ether oxygens (including phenoxy) is 2. The van der Waals surface area contributed by atoms with Crippen molar-refractivity contribution in [2.75, 3.05) is 6.61 Å². The lowest BCUT2D eigenvalue weighted by Gasteiger charge is -2.34. The molecule has 0 aliphatic heterocycles. The van der Waals surface area contributed by atoms with Gasteiger partial charge in [0.1, 0.15) is 17.6 Å². The van der Waals surface area contributed by atoms with Crippen molar-refractivity contribution in [3.63, 3.8) is 0 Å². The van der Waals surface area contributed by atoms with Crippen LogP contribution < -0.4 is 15.2 Å². The predicted octanol–water partition coefficient (Wildman–Crippen LogP) is 3.76. The summed E-state index contributed by atoms with van der Waals surface area (Å²) < 4.78 is 11.6. The van der Waals surface area contributed by atoms with Crippen molar-refractivity contribution >= 4 is 0 Å². The molecule has 0 saturated heterocycles. The van der Waals surface area contributed by atoms with E-state index in [9.17, 15) is 0 Å². The van der Waals surface area contributed by atoms with Crippen LogP contribution in [0.25, 0.3) is 0 Å². The predicted molar refractivity (Wildman–Crippen MR) is 82.3 cm³/mol. The van der Waals surface area contributed by atoms with E-state index >= 15 is 0 Å². The first kappa shape index (κ1) is 15.2. The number of hydrogen-bond acceptors (Lipinski definition) is 3. The monoisotopic (exact) mass is 277 g/mol. The van der Waals surface area contributed by atoms with E-state index in [0.29, 0.717) is 6.61 Å². The second-order valence-corrected chi connectivity index (χ2v) is 5.70. The molecule has 0 spiro atoms. The molecule has 1 fully saturated rings. The Bertz CT molecular complexity index is 408. The van der Waals surface area contributed by atoms with Crippen LogP contribution in [0.15, 0.2) is 24.3 Å². The van der Waals surface area contributed by atoms with E-state index in [2.05, 4.69) is 6.92 Å². The molecule has 0 heterocycles. The van der Waals surface area contributed by atoms with Crippen LogP contribution in [0.4, 0.5) is 0 Å². The average molecular weight is 277 g/mol. The fraction of sp³-hybridized carbons (Fsp3) is 0.647. The van der Waals surface area contributed by atoms with Crippen LogP contribution in [0.5, 0.6) is 11.5 Å². The molecule has 112 valence electrons. The van der Waals surface area contributed by atoms with Crippen LogP contribution in [-0.4, -0.2) is 18.8 Å². The van der Waals surface area contributed by atoms with Crippen LogP contribution in [0.1, 0.15) is 46.0 Å².